The molecule has 0 fully saturated rings. The number of aromatic carboxylic acids is 1. The molecule has 4 rings (SSSR count). The van der Waals surface area contributed by atoms with Gasteiger partial charge in [0.25, 0.3) is 5.91 Å². The largest absolute Gasteiger partial charge is 0.478 e. The second kappa shape index (κ2) is 8.34. The van der Waals surface area contributed by atoms with E-state index in [2.05, 4.69) is 47.8 Å². The summed E-state index contributed by atoms with van der Waals surface area (Å²) in [6.07, 6.45) is 0.593. The Hall–Kier alpha value is -2.72. The molecular weight excluding hydrogens is 510 g/mol. The van der Waals surface area contributed by atoms with Gasteiger partial charge in [-0.3, -0.25) is 14.4 Å². The van der Waals surface area contributed by atoms with Crippen LogP contribution >= 0.6 is 31.9 Å². The Kier molecular flexibility index (Phi) is 6.04. The van der Waals surface area contributed by atoms with Crippen LogP contribution < -0.4 is 16.0 Å². The highest BCUT2D eigenvalue weighted by Crippen LogP contribution is 2.30. The van der Waals surface area contributed by atoms with Gasteiger partial charge in [0.1, 0.15) is 0 Å². The van der Waals surface area contributed by atoms with Gasteiger partial charge >= 0.3 is 5.97 Å². The van der Waals surface area contributed by atoms with Crippen LogP contribution in [0.4, 0.5) is 11.4 Å². The van der Waals surface area contributed by atoms with Crippen molar-refractivity contribution in [1.29, 1.82) is 0 Å². The molecule has 0 bridgehead atoms. The normalized spacial score (nSPS) is 13.5. The first-order chi connectivity index (χ1) is 13.7. The molecule has 0 saturated carbocycles. The Bertz CT molecular complexity index is 1070. The van der Waals surface area contributed by atoms with E-state index >= 15 is 0 Å². The van der Waals surface area contributed by atoms with Crippen molar-refractivity contribution in [3.8, 4) is 0 Å². The van der Waals surface area contributed by atoms with Crippen molar-refractivity contribution in [3.05, 3.63) is 55.5 Å². The van der Waals surface area contributed by atoms with Crippen molar-refractivity contribution >= 4 is 66.9 Å². The molecular formula is C19H15Br2N3O5. The second-order valence-corrected chi connectivity index (χ2v) is 8.02. The monoisotopic (exact) mass is 523 g/mol. The molecule has 4 N–H and O–H groups in total. The van der Waals surface area contributed by atoms with Gasteiger partial charge in [0.2, 0.25) is 11.8 Å². The van der Waals surface area contributed by atoms with Crippen LogP contribution in [0.5, 0.6) is 0 Å². The van der Waals surface area contributed by atoms with Gasteiger partial charge in [-0.05, 0) is 67.3 Å². The lowest BCUT2D eigenvalue weighted by atomic mass is 10.1. The summed E-state index contributed by atoms with van der Waals surface area (Å²) >= 11 is 6.44. The number of rotatable bonds is 2. The molecule has 0 unspecified atom stereocenters. The molecule has 0 aromatic heterocycles. The maximum Gasteiger partial charge on any atom is 0.336 e. The maximum absolute atomic E-state index is 11.5. The number of anilines is 2. The molecule has 0 atom stereocenters. The quantitative estimate of drug-likeness (QED) is 0.480. The highest BCUT2D eigenvalue weighted by atomic mass is 79.9. The summed E-state index contributed by atoms with van der Waals surface area (Å²) in [5.41, 5.74) is 3.79. The number of carboxylic acids is 1. The highest BCUT2D eigenvalue weighted by Gasteiger charge is 2.22. The van der Waals surface area contributed by atoms with Crippen LogP contribution in [0.25, 0.3) is 0 Å². The Morgan fingerprint density at radius 2 is 1.34 bits per heavy atom. The smallest absolute Gasteiger partial charge is 0.336 e. The maximum atomic E-state index is 11.5. The molecule has 10 heteroatoms. The predicted molar refractivity (Wildman–Crippen MR) is 113 cm³/mol. The van der Waals surface area contributed by atoms with Crippen molar-refractivity contribution in [2.45, 2.75) is 12.8 Å². The van der Waals surface area contributed by atoms with Crippen LogP contribution in [0.1, 0.15) is 31.8 Å². The van der Waals surface area contributed by atoms with Crippen LogP contribution in [0, 0.1) is 0 Å². The lowest BCUT2D eigenvalue weighted by Gasteiger charge is -2.05. The molecule has 2 heterocycles. The Labute approximate surface area is 182 Å². The first-order valence-electron chi connectivity index (χ1n) is 8.39. The summed E-state index contributed by atoms with van der Waals surface area (Å²) in [6.45, 7) is 0. The van der Waals surface area contributed by atoms with E-state index in [9.17, 15) is 19.2 Å². The molecule has 150 valence electrons. The van der Waals surface area contributed by atoms with E-state index in [1.807, 2.05) is 0 Å². The van der Waals surface area contributed by atoms with E-state index < -0.39 is 5.97 Å². The third kappa shape index (κ3) is 4.48. The van der Waals surface area contributed by atoms with Crippen LogP contribution in [0.15, 0.2) is 33.2 Å². The fourth-order valence-electron chi connectivity index (χ4n) is 2.97. The van der Waals surface area contributed by atoms with Crippen LogP contribution in [-0.4, -0.2) is 35.8 Å². The minimum atomic E-state index is -1.00. The first kappa shape index (κ1) is 21.0. The fraction of sp³-hybridized carbons (Fsp3) is 0.158. The van der Waals surface area contributed by atoms with Gasteiger partial charge in [0.15, 0.2) is 0 Å². The minimum Gasteiger partial charge on any atom is -0.478 e. The van der Waals surface area contributed by atoms with Crippen molar-refractivity contribution < 1.29 is 24.3 Å². The van der Waals surface area contributed by atoms with Gasteiger partial charge < -0.3 is 21.1 Å². The van der Waals surface area contributed by atoms with Gasteiger partial charge in [-0.15, -0.1) is 0 Å². The van der Waals surface area contributed by atoms with Gasteiger partial charge in [0.05, 0.1) is 24.0 Å². The Balaban J connectivity index is 0.000000166. The molecule has 2 aliphatic rings. The zero-order chi connectivity index (χ0) is 21.3. The zero-order valence-corrected chi connectivity index (χ0v) is 18.2. The van der Waals surface area contributed by atoms with Crippen LogP contribution in [0.2, 0.25) is 0 Å². The van der Waals surface area contributed by atoms with Crippen molar-refractivity contribution in [1.82, 2.24) is 5.32 Å². The minimum absolute atomic E-state index is 0.0362. The molecule has 29 heavy (non-hydrogen) atoms. The SMILES string of the molecule is CNC(=O)c1cc2c(cc1Br)NC(=O)C2.O=C1Cc2cc(C(=O)O)c(Br)cc2N1. The summed E-state index contributed by atoms with van der Waals surface area (Å²) in [5.74, 6) is -1.30. The standard InChI is InChI=1S/C10H9BrN2O2.C9H6BrNO3/c1-12-10(15)6-2-5-3-9(14)13-8(5)4-7(6)11;10-6-3-7-4(2-8(12)11-7)1-5(6)9(13)14/h2,4H,3H2,1H3,(H,12,15)(H,13,14);1,3H,2H2,(H,11,12)(H,13,14). The lowest BCUT2D eigenvalue weighted by Crippen LogP contribution is -2.18. The number of nitrogens with one attached hydrogen (secondary N) is 3. The average Bonchev–Trinajstić information content (AvgIpc) is 3.19. The van der Waals surface area contributed by atoms with E-state index in [0.717, 1.165) is 16.8 Å². The van der Waals surface area contributed by atoms with Gasteiger partial charge in [-0.2, -0.15) is 0 Å². The van der Waals surface area contributed by atoms with Crippen molar-refractivity contribution in [2.24, 2.45) is 0 Å². The number of fused-ring (bicyclic) bond motifs is 2. The van der Waals surface area contributed by atoms with E-state index in [-0.39, 0.29) is 29.7 Å². The molecule has 0 aliphatic carbocycles. The van der Waals surface area contributed by atoms with E-state index in [1.165, 1.54) is 6.07 Å². The summed E-state index contributed by atoms with van der Waals surface area (Å²) in [5, 5.41) is 16.7. The molecule has 2 aromatic rings. The van der Waals surface area contributed by atoms with E-state index in [1.54, 1.807) is 25.2 Å². The van der Waals surface area contributed by atoms with Crippen molar-refractivity contribution in [2.75, 3.05) is 17.7 Å². The van der Waals surface area contributed by atoms with E-state index in [4.69, 9.17) is 5.11 Å². The van der Waals surface area contributed by atoms with Crippen LogP contribution in [0.3, 0.4) is 0 Å². The number of amides is 3. The van der Waals surface area contributed by atoms with Gasteiger partial charge in [-0.25, -0.2) is 4.79 Å². The third-order valence-corrected chi connectivity index (χ3v) is 5.65. The Morgan fingerprint density at radius 1 is 0.897 bits per heavy atom. The van der Waals surface area contributed by atoms with Gasteiger partial charge in [-0.1, -0.05) is 0 Å². The topological polar surface area (TPSA) is 125 Å². The molecule has 8 nitrogen and oxygen atoms in total. The summed E-state index contributed by atoms with van der Waals surface area (Å²) < 4.78 is 1.16. The van der Waals surface area contributed by atoms with Crippen molar-refractivity contribution in [3.63, 3.8) is 0 Å². The molecule has 0 radical (unpaired) electrons. The molecule has 0 spiro atoms. The number of benzene rings is 2. The molecule has 0 saturated heterocycles. The number of hydrogen-bond acceptors (Lipinski definition) is 4. The number of carbonyl (C=O) groups excluding carboxylic acids is 3. The number of carboxylic acid groups (broad SMARTS) is 1. The van der Waals surface area contributed by atoms with Gasteiger partial charge in [0, 0.05) is 27.4 Å². The second-order valence-electron chi connectivity index (χ2n) is 6.31. The number of carbonyl (C=O) groups is 4. The lowest BCUT2D eigenvalue weighted by molar-refractivity contribution is -0.115. The molecule has 3 amide bonds. The summed E-state index contributed by atoms with van der Waals surface area (Å²) in [7, 11) is 1.57. The average molecular weight is 525 g/mol. The third-order valence-electron chi connectivity index (χ3n) is 4.34. The first-order valence-corrected chi connectivity index (χ1v) is 9.98. The number of hydrogen-bond donors (Lipinski definition) is 4. The highest BCUT2D eigenvalue weighted by molar-refractivity contribution is 9.10. The fourth-order valence-corrected chi connectivity index (χ4v) is 4.01. The molecule has 2 aliphatic heterocycles. The van der Waals surface area contributed by atoms with Crippen LogP contribution in [-0.2, 0) is 22.4 Å². The Morgan fingerprint density at radius 3 is 1.79 bits per heavy atom. The zero-order valence-electron chi connectivity index (χ0n) is 15.1. The summed E-state index contributed by atoms with van der Waals surface area (Å²) in [4.78, 5) is 44.4. The summed E-state index contributed by atoms with van der Waals surface area (Å²) in [6, 6.07) is 6.62. The predicted octanol–water partition coefficient (Wildman–Crippen LogP) is 2.95. The van der Waals surface area contributed by atoms with E-state index in [0.29, 0.717) is 26.6 Å². The molecule has 2 aromatic carbocycles. The number of halogens is 2.